The quantitative estimate of drug-likeness (QED) is 0.747. The van der Waals surface area contributed by atoms with Gasteiger partial charge in [0.1, 0.15) is 10.4 Å². The van der Waals surface area contributed by atoms with Crippen LogP contribution in [0.4, 0.5) is 0 Å². The smallest absolute Gasteiger partial charge is 0.328 e. The van der Waals surface area contributed by atoms with Crippen molar-refractivity contribution in [2.75, 3.05) is 0 Å². The standard InChI is InChI=1S/C7H9N3O3S/c1-7(2,6(12)13)9-5(11)4-3-8-10-14-4/h3H,1-2H3,(H,9,11)(H,12,13). The zero-order valence-electron chi connectivity index (χ0n) is 7.64. The second-order valence-electron chi connectivity index (χ2n) is 3.17. The van der Waals surface area contributed by atoms with E-state index in [1.165, 1.54) is 20.0 Å². The number of carboxylic acid groups (broad SMARTS) is 1. The molecule has 6 nitrogen and oxygen atoms in total. The van der Waals surface area contributed by atoms with E-state index in [9.17, 15) is 9.59 Å². The van der Waals surface area contributed by atoms with Gasteiger partial charge in [0.25, 0.3) is 5.91 Å². The van der Waals surface area contributed by atoms with Crippen molar-refractivity contribution in [2.24, 2.45) is 0 Å². The Balaban J connectivity index is 2.71. The molecule has 0 aliphatic carbocycles. The number of nitrogens with zero attached hydrogens (tertiary/aromatic N) is 2. The molecular weight excluding hydrogens is 206 g/mol. The zero-order valence-corrected chi connectivity index (χ0v) is 8.46. The normalized spacial score (nSPS) is 11.0. The summed E-state index contributed by atoms with van der Waals surface area (Å²) in [6.45, 7) is 2.81. The third-order valence-corrected chi connectivity index (χ3v) is 2.21. The second-order valence-corrected chi connectivity index (χ2v) is 3.95. The molecule has 0 aliphatic heterocycles. The van der Waals surface area contributed by atoms with Gasteiger partial charge in [0.2, 0.25) is 0 Å². The average molecular weight is 215 g/mol. The third-order valence-electron chi connectivity index (χ3n) is 1.55. The van der Waals surface area contributed by atoms with Crippen LogP contribution < -0.4 is 5.32 Å². The Kier molecular flexibility index (Phi) is 2.80. The van der Waals surface area contributed by atoms with Crippen molar-refractivity contribution in [1.82, 2.24) is 14.9 Å². The Bertz CT molecular complexity index is 347. The van der Waals surface area contributed by atoms with Gasteiger partial charge < -0.3 is 10.4 Å². The molecule has 0 bridgehead atoms. The fourth-order valence-corrected chi connectivity index (χ4v) is 1.08. The molecule has 0 saturated heterocycles. The van der Waals surface area contributed by atoms with E-state index < -0.39 is 17.4 Å². The lowest BCUT2D eigenvalue weighted by Gasteiger charge is -2.19. The van der Waals surface area contributed by atoms with Gasteiger partial charge >= 0.3 is 5.97 Å². The highest BCUT2D eigenvalue weighted by molar-refractivity contribution is 7.07. The summed E-state index contributed by atoms with van der Waals surface area (Å²) >= 11 is 0.917. The Morgan fingerprint density at radius 3 is 2.64 bits per heavy atom. The van der Waals surface area contributed by atoms with Crippen LogP contribution in [-0.4, -0.2) is 32.1 Å². The predicted molar refractivity (Wildman–Crippen MR) is 49.1 cm³/mol. The molecule has 1 aromatic rings. The van der Waals surface area contributed by atoms with E-state index in [1.54, 1.807) is 0 Å². The first kappa shape index (κ1) is 10.6. The van der Waals surface area contributed by atoms with Crippen molar-refractivity contribution in [3.63, 3.8) is 0 Å². The zero-order chi connectivity index (χ0) is 10.8. The largest absolute Gasteiger partial charge is 0.480 e. The molecule has 7 heteroatoms. The van der Waals surface area contributed by atoms with Gasteiger partial charge in [-0.3, -0.25) is 4.79 Å². The number of carbonyl (C=O) groups is 2. The monoisotopic (exact) mass is 215 g/mol. The highest BCUT2D eigenvalue weighted by atomic mass is 32.1. The number of carboxylic acids is 1. The summed E-state index contributed by atoms with van der Waals surface area (Å²) in [6, 6.07) is 0. The minimum absolute atomic E-state index is 0.291. The van der Waals surface area contributed by atoms with Crippen LogP contribution in [0.1, 0.15) is 23.5 Å². The Morgan fingerprint density at radius 2 is 2.21 bits per heavy atom. The molecule has 1 aromatic heterocycles. The molecule has 0 fully saturated rings. The van der Waals surface area contributed by atoms with Crippen molar-refractivity contribution in [3.8, 4) is 0 Å². The number of nitrogens with one attached hydrogen (secondary N) is 1. The molecule has 14 heavy (non-hydrogen) atoms. The van der Waals surface area contributed by atoms with Gasteiger partial charge in [-0.15, -0.1) is 5.10 Å². The Morgan fingerprint density at radius 1 is 1.57 bits per heavy atom. The second kappa shape index (κ2) is 3.70. The van der Waals surface area contributed by atoms with E-state index >= 15 is 0 Å². The molecule has 0 aliphatic rings. The van der Waals surface area contributed by atoms with Gasteiger partial charge in [-0.2, -0.15) is 0 Å². The summed E-state index contributed by atoms with van der Waals surface area (Å²) in [5.41, 5.74) is -1.29. The van der Waals surface area contributed by atoms with Gasteiger partial charge in [0.05, 0.1) is 6.20 Å². The van der Waals surface area contributed by atoms with Crippen LogP contribution in [-0.2, 0) is 4.79 Å². The topological polar surface area (TPSA) is 92.2 Å². The van der Waals surface area contributed by atoms with Gasteiger partial charge in [0.15, 0.2) is 0 Å². The summed E-state index contributed by atoms with van der Waals surface area (Å²) < 4.78 is 3.50. The van der Waals surface area contributed by atoms with E-state index in [0.717, 1.165) is 11.5 Å². The van der Waals surface area contributed by atoms with Gasteiger partial charge in [-0.05, 0) is 25.4 Å². The molecule has 0 saturated carbocycles. The van der Waals surface area contributed by atoms with Crippen LogP contribution in [0.15, 0.2) is 6.20 Å². The van der Waals surface area contributed by atoms with E-state index in [4.69, 9.17) is 5.11 Å². The number of rotatable bonds is 3. The first-order valence-corrected chi connectivity index (χ1v) is 4.54. The molecule has 76 valence electrons. The number of hydrogen-bond acceptors (Lipinski definition) is 5. The van der Waals surface area contributed by atoms with E-state index in [1.807, 2.05) is 0 Å². The maximum absolute atomic E-state index is 11.4. The molecule has 1 heterocycles. The highest BCUT2D eigenvalue weighted by Crippen LogP contribution is 2.07. The number of aromatic nitrogens is 2. The lowest BCUT2D eigenvalue weighted by atomic mass is 10.1. The summed E-state index contributed by atoms with van der Waals surface area (Å²) in [5.74, 6) is -1.57. The Hall–Kier alpha value is -1.50. The number of aliphatic carboxylic acids is 1. The van der Waals surface area contributed by atoms with Crippen LogP contribution in [0.5, 0.6) is 0 Å². The van der Waals surface area contributed by atoms with E-state index in [0.29, 0.717) is 4.88 Å². The van der Waals surface area contributed by atoms with E-state index in [-0.39, 0.29) is 0 Å². The van der Waals surface area contributed by atoms with Crippen LogP contribution in [0, 0.1) is 0 Å². The number of carbonyl (C=O) groups excluding carboxylic acids is 1. The molecular formula is C7H9N3O3S. The molecule has 0 atom stereocenters. The van der Waals surface area contributed by atoms with Crippen LogP contribution in [0.3, 0.4) is 0 Å². The summed E-state index contributed by atoms with van der Waals surface area (Å²) in [7, 11) is 0. The SMILES string of the molecule is CC(C)(NC(=O)c1cnns1)C(=O)O. The van der Waals surface area contributed by atoms with Crippen LogP contribution >= 0.6 is 11.5 Å². The summed E-state index contributed by atoms with van der Waals surface area (Å²) in [6.07, 6.45) is 1.29. The molecule has 1 amide bonds. The van der Waals surface area contributed by atoms with E-state index in [2.05, 4.69) is 14.9 Å². The lowest BCUT2D eigenvalue weighted by Crippen LogP contribution is -2.49. The maximum Gasteiger partial charge on any atom is 0.328 e. The predicted octanol–water partition coefficient (Wildman–Crippen LogP) is 0.131. The Labute approximate surface area is 84.1 Å². The number of amides is 1. The number of hydrogen-bond donors (Lipinski definition) is 2. The van der Waals surface area contributed by atoms with Gasteiger partial charge in [-0.25, -0.2) is 4.79 Å². The minimum Gasteiger partial charge on any atom is -0.480 e. The first-order valence-electron chi connectivity index (χ1n) is 3.77. The molecule has 0 spiro atoms. The lowest BCUT2D eigenvalue weighted by molar-refractivity contribution is -0.143. The van der Waals surface area contributed by atoms with Crippen LogP contribution in [0.2, 0.25) is 0 Å². The van der Waals surface area contributed by atoms with Crippen molar-refractivity contribution >= 4 is 23.4 Å². The van der Waals surface area contributed by atoms with Gasteiger partial charge in [-0.1, -0.05) is 4.49 Å². The molecule has 2 N–H and O–H groups in total. The van der Waals surface area contributed by atoms with Crippen molar-refractivity contribution in [1.29, 1.82) is 0 Å². The fraction of sp³-hybridized carbons (Fsp3) is 0.429. The van der Waals surface area contributed by atoms with Crippen LogP contribution in [0.25, 0.3) is 0 Å². The van der Waals surface area contributed by atoms with Gasteiger partial charge in [0, 0.05) is 0 Å². The van der Waals surface area contributed by atoms with Crippen molar-refractivity contribution in [2.45, 2.75) is 19.4 Å². The van der Waals surface area contributed by atoms with Crippen molar-refractivity contribution < 1.29 is 14.7 Å². The maximum atomic E-state index is 11.4. The molecule has 0 unspecified atom stereocenters. The average Bonchev–Trinajstić information content (AvgIpc) is 2.54. The molecule has 0 radical (unpaired) electrons. The molecule has 1 rings (SSSR count). The highest BCUT2D eigenvalue weighted by Gasteiger charge is 2.29. The fourth-order valence-electron chi connectivity index (χ4n) is 0.666. The third kappa shape index (κ3) is 2.25. The van der Waals surface area contributed by atoms with Crippen molar-refractivity contribution in [3.05, 3.63) is 11.1 Å². The first-order chi connectivity index (χ1) is 6.43. The minimum atomic E-state index is -1.29. The summed E-state index contributed by atoms with van der Waals surface area (Å²) in [5, 5.41) is 14.6. The molecule has 0 aromatic carbocycles. The summed E-state index contributed by atoms with van der Waals surface area (Å²) in [4.78, 5) is 22.4.